The molecule has 0 aliphatic heterocycles. The van der Waals surface area contributed by atoms with Gasteiger partial charge in [-0.1, -0.05) is 420 Å². The predicted molar refractivity (Wildman–Crippen MR) is 442 cm³/mol. The van der Waals surface area contributed by atoms with Gasteiger partial charge in [0.2, 0.25) is 0 Å². The zero-order valence-electron chi connectivity index (χ0n) is 70.5. The zero-order chi connectivity index (χ0) is 78.5. The largest absolute Gasteiger partial charge is 0.472 e. The Hall–Kier alpha value is -1.94. The molecule has 0 amide bonds. The maximum Gasteiger partial charge on any atom is 0.472 e. The van der Waals surface area contributed by atoms with Crippen molar-refractivity contribution in [2.24, 2.45) is 11.8 Å². The highest BCUT2D eigenvalue weighted by molar-refractivity contribution is 7.47. The molecule has 0 aromatic heterocycles. The lowest BCUT2D eigenvalue weighted by Crippen LogP contribution is -2.30. The molecule has 0 radical (unpaired) electrons. The Labute approximate surface area is 658 Å². The third-order valence-corrected chi connectivity index (χ3v) is 23.0. The number of rotatable bonds is 87. The molecule has 6 atom stereocenters. The Morgan fingerprint density at radius 2 is 0.477 bits per heavy atom. The number of carbonyl (C=O) groups is 4. The fraction of sp³-hybridized carbons (Fsp3) is 0.955. The van der Waals surface area contributed by atoms with E-state index in [1.165, 1.54) is 289 Å². The summed E-state index contributed by atoms with van der Waals surface area (Å²) >= 11 is 0. The molecule has 0 saturated heterocycles. The summed E-state index contributed by atoms with van der Waals surface area (Å²) in [7, 11) is -9.93. The Balaban J connectivity index is 5.24. The van der Waals surface area contributed by atoms with Crippen molar-refractivity contribution < 1.29 is 80.2 Å². The van der Waals surface area contributed by atoms with Crippen LogP contribution in [-0.4, -0.2) is 96.7 Å². The summed E-state index contributed by atoms with van der Waals surface area (Å²) in [6.07, 6.45) is 72.2. The van der Waals surface area contributed by atoms with Crippen molar-refractivity contribution in [2.75, 3.05) is 39.6 Å². The Bertz CT molecular complexity index is 2050. The summed E-state index contributed by atoms with van der Waals surface area (Å²) in [4.78, 5) is 73.3. The van der Waals surface area contributed by atoms with Gasteiger partial charge in [-0.05, 0) is 37.5 Å². The van der Waals surface area contributed by atoms with E-state index in [2.05, 4.69) is 41.5 Å². The van der Waals surface area contributed by atoms with Gasteiger partial charge >= 0.3 is 39.5 Å². The standard InChI is InChI=1S/C88H172O17P2/c1-7-10-12-14-16-18-20-22-23-24-25-26-30-33-36-40-47-53-59-65-71-86(91)99-76-83(104-87(92)72-66-60-54-48-41-37-34-31-28-27-29-32-35-38-44-50-56-62-68-80(4)5)78-102-106(94,95)100-74-82(89)75-101-107(96,97)103-79-84(77-98-85(90)70-64-58-52-46-39-21-19-17-15-13-11-8-2)105-88(93)73-67-61-55-49-43-42-45-51-57-63-69-81(6)9-3/h80-84,89H,7-79H2,1-6H3,(H,94,95)(H,96,97)/t81?,82-,83-,84-/m1/s1. The molecular formula is C88H172O17P2. The summed E-state index contributed by atoms with van der Waals surface area (Å²) in [5, 5.41) is 10.7. The lowest BCUT2D eigenvalue weighted by atomic mass is 9.99. The second kappa shape index (κ2) is 79.3. The van der Waals surface area contributed by atoms with Crippen molar-refractivity contribution in [1.82, 2.24) is 0 Å². The Morgan fingerprint density at radius 1 is 0.271 bits per heavy atom. The first-order valence-electron chi connectivity index (χ1n) is 45.5. The molecule has 3 unspecified atom stereocenters. The fourth-order valence-electron chi connectivity index (χ4n) is 13.7. The lowest BCUT2D eigenvalue weighted by Gasteiger charge is -2.21. The van der Waals surface area contributed by atoms with Gasteiger partial charge in [0.15, 0.2) is 12.2 Å². The Morgan fingerprint density at radius 3 is 0.710 bits per heavy atom. The number of phosphoric ester groups is 2. The minimum atomic E-state index is -4.97. The lowest BCUT2D eigenvalue weighted by molar-refractivity contribution is -0.161. The van der Waals surface area contributed by atoms with E-state index in [1.807, 2.05) is 0 Å². The minimum absolute atomic E-state index is 0.107. The molecule has 636 valence electrons. The van der Waals surface area contributed by atoms with Crippen molar-refractivity contribution in [1.29, 1.82) is 0 Å². The smallest absolute Gasteiger partial charge is 0.462 e. The van der Waals surface area contributed by atoms with E-state index in [9.17, 15) is 43.2 Å². The number of ether oxygens (including phenoxy) is 4. The van der Waals surface area contributed by atoms with Crippen molar-refractivity contribution in [3.05, 3.63) is 0 Å². The van der Waals surface area contributed by atoms with E-state index in [4.69, 9.17) is 37.0 Å². The van der Waals surface area contributed by atoms with Gasteiger partial charge in [-0.25, -0.2) is 9.13 Å². The second-order valence-corrected chi connectivity index (χ2v) is 35.3. The highest BCUT2D eigenvalue weighted by Crippen LogP contribution is 2.45. The molecule has 0 aliphatic rings. The van der Waals surface area contributed by atoms with Crippen LogP contribution >= 0.6 is 15.6 Å². The van der Waals surface area contributed by atoms with Crippen LogP contribution in [0, 0.1) is 11.8 Å². The molecular weight excluding hydrogens is 1390 g/mol. The SMILES string of the molecule is CCCCCCCCCCCCCCCCCCCCCCC(=O)OC[C@H](COP(=O)(O)OC[C@@H](O)COP(=O)(O)OC[C@@H](COC(=O)CCCCCCCCCCCCCC)OC(=O)CCCCCCCCCCCCC(C)CC)OC(=O)CCCCCCCCCCCCCCCCCCCCC(C)C. The van der Waals surface area contributed by atoms with Crippen LogP contribution in [0.25, 0.3) is 0 Å². The fourth-order valence-corrected chi connectivity index (χ4v) is 15.3. The molecule has 0 bridgehead atoms. The monoisotopic (exact) mass is 1560 g/mol. The maximum atomic E-state index is 13.2. The topological polar surface area (TPSA) is 237 Å². The van der Waals surface area contributed by atoms with Crippen molar-refractivity contribution in [3.63, 3.8) is 0 Å². The summed E-state index contributed by atoms with van der Waals surface area (Å²) in [6, 6.07) is 0. The van der Waals surface area contributed by atoms with E-state index in [1.54, 1.807) is 0 Å². The molecule has 3 N–H and O–H groups in total. The van der Waals surface area contributed by atoms with Gasteiger partial charge in [0.25, 0.3) is 0 Å². The number of hydrogen-bond donors (Lipinski definition) is 3. The summed E-state index contributed by atoms with van der Waals surface area (Å²) in [6.45, 7) is 9.74. The first-order valence-corrected chi connectivity index (χ1v) is 48.5. The van der Waals surface area contributed by atoms with Gasteiger partial charge in [-0.3, -0.25) is 37.3 Å². The molecule has 0 fully saturated rings. The van der Waals surface area contributed by atoms with Crippen LogP contribution in [0.1, 0.15) is 472 Å². The zero-order valence-corrected chi connectivity index (χ0v) is 72.2. The van der Waals surface area contributed by atoms with E-state index in [0.717, 1.165) is 102 Å². The summed E-state index contributed by atoms with van der Waals surface area (Å²) < 4.78 is 69.0. The van der Waals surface area contributed by atoms with Crippen LogP contribution in [0.15, 0.2) is 0 Å². The number of unbranched alkanes of at least 4 members (excludes halogenated alkanes) is 56. The van der Waals surface area contributed by atoms with E-state index >= 15 is 0 Å². The third kappa shape index (κ3) is 80.5. The highest BCUT2D eigenvalue weighted by atomic mass is 31.2. The van der Waals surface area contributed by atoms with E-state index in [-0.39, 0.29) is 25.7 Å². The molecule has 17 nitrogen and oxygen atoms in total. The quantitative estimate of drug-likeness (QED) is 0.0222. The van der Waals surface area contributed by atoms with Crippen molar-refractivity contribution in [3.8, 4) is 0 Å². The van der Waals surface area contributed by atoms with Crippen LogP contribution in [0.5, 0.6) is 0 Å². The average molecular weight is 1560 g/mol. The van der Waals surface area contributed by atoms with E-state index < -0.39 is 97.5 Å². The van der Waals surface area contributed by atoms with Crippen molar-refractivity contribution >= 4 is 39.5 Å². The van der Waals surface area contributed by atoms with Crippen LogP contribution in [0.4, 0.5) is 0 Å². The molecule has 0 rings (SSSR count). The van der Waals surface area contributed by atoms with Crippen LogP contribution in [-0.2, 0) is 65.4 Å². The molecule has 0 heterocycles. The molecule has 0 saturated carbocycles. The maximum absolute atomic E-state index is 13.2. The van der Waals surface area contributed by atoms with Gasteiger partial charge in [-0.15, -0.1) is 0 Å². The van der Waals surface area contributed by atoms with Gasteiger partial charge in [-0.2, -0.15) is 0 Å². The number of aliphatic hydroxyl groups excluding tert-OH is 1. The highest BCUT2D eigenvalue weighted by Gasteiger charge is 2.31. The number of phosphoric acid groups is 2. The van der Waals surface area contributed by atoms with Crippen LogP contribution in [0.3, 0.4) is 0 Å². The first-order chi connectivity index (χ1) is 51.9. The van der Waals surface area contributed by atoms with Crippen LogP contribution in [0.2, 0.25) is 0 Å². The van der Waals surface area contributed by atoms with Gasteiger partial charge in [0.05, 0.1) is 26.4 Å². The number of hydrogen-bond acceptors (Lipinski definition) is 15. The van der Waals surface area contributed by atoms with Gasteiger partial charge < -0.3 is 33.8 Å². The van der Waals surface area contributed by atoms with Gasteiger partial charge in [0.1, 0.15) is 19.3 Å². The number of esters is 4. The molecule has 107 heavy (non-hydrogen) atoms. The molecule has 0 aromatic carbocycles. The second-order valence-electron chi connectivity index (χ2n) is 32.4. The first kappa shape index (κ1) is 105. The minimum Gasteiger partial charge on any atom is -0.462 e. The number of carbonyl (C=O) groups excluding carboxylic acids is 4. The normalized spacial score (nSPS) is 14.0. The molecule has 0 aliphatic carbocycles. The third-order valence-electron chi connectivity index (χ3n) is 21.1. The Kier molecular flexibility index (Phi) is 77.9. The molecule has 19 heteroatoms. The molecule has 0 spiro atoms. The average Bonchev–Trinajstić information content (AvgIpc) is 0.897. The van der Waals surface area contributed by atoms with Crippen molar-refractivity contribution in [2.45, 2.75) is 490 Å². The number of aliphatic hydroxyl groups is 1. The van der Waals surface area contributed by atoms with Crippen LogP contribution < -0.4 is 0 Å². The summed E-state index contributed by atoms with van der Waals surface area (Å²) in [5.74, 6) is -0.476. The summed E-state index contributed by atoms with van der Waals surface area (Å²) in [5.41, 5.74) is 0. The molecule has 0 aromatic rings. The van der Waals surface area contributed by atoms with E-state index in [0.29, 0.717) is 25.7 Å². The predicted octanol–water partition coefficient (Wildman–Crippen LogP) is 27.0. The van der Waals surface area contributed by atoms with Gasteiger partial charge in [0, 0.05) is 25.7 Å².